The molecule has 0 saturated carbocycles. The molecule has 1 unspecified atom stereocenters. The summed E-state index contributed by atoms with van der Waals surface area (Å²) in [4.78, 5) is 23.9. The van der Waals surface area contributed by atoms with Gasteiger partial charge in [0.1, 0.15) is 5.82 Å². The zero-order valence-electron chi connectivity index (χ0n) is 15.5. The Hall–Kier alpha value is -1.98. The molecule has 5 nitrogen and oxygen atoms in total. The van der Waals surface area contributed by atoms with Crippen LogP contribution in [0.1, 0.15) is 54.4 Å². The maximum Gasteiger partial charge on any atom is 0.223 e. The van der Waals surface area contributed by atoms with Crippen LogP contribution in [0.2, 0.25) is 5.02 Å². The van der Waals surface area contributed by atoms with Gasteiger partial charge in [-0.05, 0) is 43.5 Å². The Morgan fingerprint density at radius 2 is 2.11 bits per heavy atom. The molecule has 1 atom stereocenters. The number of carbonyl (C=O) groups excluding carboxylic acids is 1. The fourth-order valence-electron chi connectivity index (χ4n) is 3.85. The van der Waals surface area contributed by atoms with Crippen LogP contribution in [-0.2, 0) is 24.2 Å². The smallest absolute Gasteiger partial charge is 0.223 e. The number of carbonyl (C=O) groups is 1. The van der Waals surface area contributed by atoms with Gasteiger partial charge in [0.15, 0.2) is 0 Å². The standard InChI is InChI=1S/C21H25ClN4O/c22-17-7-4-15(5-8-17)6-9-20(27)26-12-10-18-16(14-26)13-24-21(25-18)19-3-1-2-11-23-19/h4-5,7-8,13,19,23H,1-3,6,9-12,14H2. The van der Waals surface area contributed by atoms with Gasteiger partial charge in [-0.15, -0.1) is 0 Å². The van der Waals surface area contributed by atoms with Gasteiger partial charge in [0, 0.05) is 42.7 Å². The Balaban J connectivity index is 1.36. The van der Waals surface area contributed by atoms with E-state index in [9.17, 15) is 4.79 Å². The molecule has 2 aliphatic heterocycles. The second-order valence-corrected chi connectivity index (χ2v) is 7.83. The lowest BCUT2D eigenvalue weighted by molar-refractivity contribution is -0.132. The Morgan fingerprint density at radius 1 is 1.26 bits per heavy atom. The normalized spacial score (nSPS) is 19.6. The van der Waals surface area contributed by atoms with Crippen molar-refractivity contribution in [1.29, 1.82) is 0 Å². The summed E-state index contributed by atoms with van der Waals surface area (Å²) >= 11 is 5.91. The molecular weight excluding hydrogens is 360 g/mol. The minimum absolute atomic E-state index is 0.189. The Kier molecular flexibility index (Phi) is 5.69. The number of aryl methyl sites for hydroxylation is 1. The molecule has 2 aromatic rings. The van der Waals surface area contributed by atoms with E-state index in [1.165, 1.54) is 12.8 Å². The van der Waals surface area contributed by atoms with Crippen LogP contribution in [0.5, 0.6) is 0 Å². The van der Waals surface area contributed by atoms with E-state index in [1.54, 1.807) is 0 Å². The highest BCUT2D eigenvalue weighted by Gasteiger charge is 2.24. The van der Waals surface area contributed by atoms with Crippen molar-refractivity contribution in [2.45, 2.75) is 51.1 Å². The third kappa shape index (κ3) is 4.47. The van der Waals surface area contributed by atoms with Crippen molar-refractivity contribution >= 4 is 17.5 Å². The number of halogens is 1. The first-order valence-corrected chi connectivity index (χ1v) is 10.2. The minimum Gasteiger partial charge on any atom is -0.338 e. The molecule has 4 rings (SSSR count). The van der Waals surface area contributed by atoms with Crippen LogP contribution in [0.25, 0.3) is 0 Å². The van der Waals surface area contributed by atoms with E-state index in [2.05, 4.69) is 10.3 Å². The van der Waals surface area contributed by atoms with Crippen molar-refractivity contribution in [3.8, 4) is 0 Å². The second kappa shape index (κ2) is 8.36. The summed E-state index contributed by atoms with van der Waals surface area (Å²) in [5, 5.41) is 4.23. The number of benzene rings is 1. The molecule has 1 aromatic carbocycles. The molecule has 1 amide bonds. The Morgan fingerprint density at radius 3 is 2.89 bits per heavy atom. The van der Waals surface area contributed by atoms with E-state index in [1.807, 2.05) is 35.4 Å². The molecular formula is C21H25ClN4O. The van der Waals surface area contributed by atoms with E-state index in [-0.39, 0.29) is 11.9 Å². The molecule has 0 bridgehead atoms. The highest BCUT2D eigenvalue weighted by Crippen LogP contribution is 2.23. The number of nitrogens with zero attached hydrogens (tertiary/aromatic N) is 3. The van der Waals surface area contributed by atoms with E-state index in [4.69, 9.17) is 16.6 Å². The second-order valence-electron chi connectivity index (χ2n) is 7.39. The lowest BCUT2D eigenvalue weighted by Crippen LogP contribution is -2.37. The minimum atomic E-state index is 0.189. The predicted octanol–water partition coefficient (Wildman–Crippen LogP) is 3.46. The van der Waals surface area contributed by atoms with Gasteiger partial charge in [-0.25, -0.2) is 9.97 Å². The molecule has 1 saturated heterocycles. The number of fused-ring (bicyclic) bond motifs is 1. The molecule has 1 fully saturated rings. The van der Waals surface area contributed by atoms with Crippen LogP contribution < -0.4 is 5.32 Å². The molecule has 0 aliphatic carbocycles. The van der Waals surface area contributed by atoms with Gasteiger partial charge in [-0.3, -0.25) is 4.79 Å². The van der Waals surface area contributed by atoms with Crippen LogP contribution >= 0.6 is 11.6 Å². The first-order valence-electron chi connectivity index (χ1n) is 9.79. The first kappa shape index (κ1) is 18.4. The third-order valence-electron chi connectivity index (χ3n) is 5.47. The summed E-state index contributed by atoms with van der Waals surface area (Å²) in [5.74, 6) is 1.10. The Bertz CT molecular complexity index is 802. The summed E-state index contributed by atoms with van der Waals surface area (Å²) in [6.45, 7) is 2.40. The summed E-state index contributed by atoms with van der Waals surface area (Å²) in [6.07, 6.45) is 7.55. The van der Waals surface area contributed by atoms with Gasteiger partial charge in [-0.1, -0.05) is 30.2 Å². The number of amides is 1. The first-order chi connectivity index (χ1) is 13.2. The highest BCUT2D eigenvalue weighted by molar-refractivity contribution is 6.30. The molecule has 3 heterocycles. The SMILES string of the molecule is O=C(CCc1ccc(Cl)cc1)N1CCc2nc(C3CCCCN3)ncc2C1. The molecule has 6 heteroatoms. The van der Waals surface area contributed by atoms with Crippen LogP contribution in [0.15, 0.2) is 30.5 Å². The maximum atomic E-state index is 12.6. The van der Waals surface area contributed by atoms with E-state index >= 15 is 0 Å². The van der Waals surface area contributed by atoms with E-state index < -0.39 is 0 Å². The van der Waals surface area contributed by atoms with Gasteiger partial charge < -0.3 is 10.2 Å². The number of piperidine rings is 1. The quantitative estimate of drug-likeness (QED) is 0.876. The lowest BCUT2D eigenvalue weighted by Gasteiger charge is -2.29. The maximum absolute atomic E-state index is 12.6. The van der Waals surface area contributed by atoms with Crippen molar-refractivity contribution in [1.82, 2.24) is 20.2 Å². The van der Waals surface area contributed by atoms with Crippen molar-refractivity contribution in [2.24, 2.45) is 0 Å². The fraction of sp³-hybridized carbons (Fsp3) is 0.476. The van der Waals surface area contributed by atoms with Gasteiger partial charge in [-0.2, -0.15) is 0 Å². The average molecular weight is 385 g/mol. The van der Waals surface area contributed by atoms with E-state index in [0.717, 1.165) is 60.0 Å². The van der Waals surface area contributed by atoms with Crippen LogP contribution in [0.4, 0.5) is 0 Å². The van der Waals surface area contributed by atoms with Gasteiger partial charge >= 0.3 is 0 Å². The zero-order chi connectivity index (χ0) is 18.6. The van der Waals surface area contributed by atoms with Crippen molar-refractivity contribution < 1.29 is 4.79 Å². The summed E-state index contributed by atoms with van der Waals surface area (Å²) in [7, 11) is 0. The number of aromatic nitrogens is 2. The predicted molar refractivity (Wildman–Crippen MR) is 106 cm³/mol. The number of hydrogen-bond acceptors (Lipinski definition) is 4. The van der Waals surface area contributed by atoms with Crippen LogP contribution in [-0.4, -0.2) is 33.9 Å². The number of nitrogens with one attached hydrogen (secondary N) is 1. The van der Waals surface area contributed by atoms with Crippen molar-refractivity contribution in [3.63, 3.8) is 0 Å². The average Bonchev–Trinajstić information content (AvgIpc) is 2.73. The summed E-state index contributed by atoms with van der Waals surface area (Å²) in [5.41, 5.74) is 3.33. The molecule has 142 valence electrons. The number of hydrogen-bond donors (Lipinski definition) is 1. The van der Waals surface area contributed by atoms with Crippen LogP contribution in [0.3, 0.4) is 0 Å². The molecule has 0 radical (unpaired) electrons. The lowest BCUT2D eigenvalue weighted by atomic mass is 10.0. The van der Waals surface area contributed by atoms with Crippen molar-refractivity contribution in [2.75, 3.05) is 13.1 Å². The molecule has 27 heavy (non-hydrogen) atoms. The monoisotopic (exact) mass is 384 g/mol. The molecule has 1 N–H and O–H groups in total. The summed E-state index contributed by atoms with van der Waals surface area (Å²) < 4.78 is 0. The largest absolute Gasteiger partial charge is 0.338 e. The third-order valence-corrected chi connectivity index (χ3v) is 5.72. The number of rotatable bonds is 4. The van der Waals surface area contributed by atoms with Crippen LogP contribution in [0, 0.1) is 0 Å². The van der Waals surface area contributed by atoms with E-state index in [0.29, 0.717) is 13.0 Å². The Labute approximate surface area is 165 Å². The summed E-state index contributed by atoms with van der Waals surface area (Å²) in [6, 6.07) is 7.98. The van der Waals surface area contributed by atoms with Crippen molar-refractivity contribution in [3.05, 3.63) is 58.1 Å². The van der Waals surface area contributed by atoms with Gasteiger partial charge in [0.2, 0.25) is 5.91 Å². The van der Waals surface area contributed by atoms with Gasteiger partial charge in [0.05, 0.1) is 11.7 Å². The van der Waals surface area contributed by atoms with Gasteiger partial charge in [0.25, 0.3) is 0 Å². The highest BCUT2D eigenvalue weighted by atomic mass is 35.5. The fourth-order valence-corrected chi connectivity index (χ4v) is 3.97. The topological polar surface area (TPSA) is 58.1 Å². The zero-order valence-corrected chi connectivity index (χ0v) is 16.2. The molecule has 1 aromatic heterocycles. The molecule has 0 spiro atoms. The molecule has 2 aliphatic rings.